The van der Waals surface area contributed by atoms with Crippen LogP contribution in [0.15, 0.2) is 0 Å². The second-order valence-electron chi connectivity index (χ2n) is 3.43. The number of carboxylic acid groups (broad SMARTS) is 1. The molecule has 20 heavy (non-hydrogen) atoms. The molecule has 1 amide bonds. The molecule has 116 valence electrons. The Balaban J connectivity index is 5.03. The SMILES string of the molecule is CCOC(=O)[C@H](CC(=O)[O-])NC(=O)C(F)(F)C(F)(F)F. The van der Waals surface area contributed by atoms with Gasteiger partial charge < -0.3 is 20.0 Å². The fourth-order valence-electron chi connectivity index (χ4n) is 0.980. The van der Waals surface area contributed by atoms with Gasteiger partial charge in [0, 0.05) is 12.4 Å². The molecule has 6 nitrogen and oxygen atoms in total. The van der Waals surface area contributed by atoms with Gasteiger partial charge in [-0.15, -0.1) is 0 Å². The van der Waals surface area contributed by atoms with Crippen molar-refractivity contribution in [3.05, 3.63) is 0 Å². The fraction of sp³-hybridized carbons (Fsp3) is 0.667. The Hall–Kier alpha value is -1.94. The van der Waals surface area contributed by atoms with Crippen molar-refractivity contribution in [2.24, 2.45) is 0 Å². The lowest BCUT2D eigenvalue weighted by Gasteiger charge is -2.22. The number of esters is 1. The average molecular weight is 306 g/mol. The van der Waals surface area contributed by atoms with E-state index >= 15 is 0 Å². The van der Waals surface area contributed by atoms with E-state index in [-0.39, 0.29) is 6.61 Å². The lowest BCUT2D eigenvalue weighted by atomic mass is 10.2. The standard InChI is InChI=1S/C9H10F5NO5/c1-2-20-6(18)4(3-5(16)17)15-7(19)8(10,11)9(12,13)14/h4H,2-3H2,1H3,(H,15,19)(H,16,17)/p-1/t4-/m0/s1. The van der Waals surface area contributed by atoms with Crippen LogP contribution in [0.1, 0.15) is 13.3 Å². The monoisotopic (exact) mass is 306 g/mol. The largest absolute Gasteiger partial charge is 0.550 e. The molecule has 0 rings (SSSR count). The van der Waals surface area contributed by atoms with Gasteiger partial charge in [0.25, 0.3) is 0 Å². The highest BCUT2D eigenvalue weighted by molar-refractivity contribution is 5.90. The van der Waals surface area contributed by atoms with Gasteiger partial charge in [0.1, 0.15) is 6.04 Å². The topological polar surface area (TPSA) is 95.5 Å². The summed E-state index contributed by atoms with van der Waals surface area (Å²) in [7, 11) is 0. The van der Waals surface area contributed by atoms with E-state index in [1.54, 1.807) is 0 Å². The van der Waals surface area contributed by atoms with Gasteiger partial charge in [0.2, 0.25) is 0 Å². The van der Waals surface area contributed by atoms with Crippen LogP contribution >= 0.6 is 0 Å². The lowest BCUT2D eigenvalue weighted by molar-refractivity contribution is -0.306. The first kappa shape index (κ1) is 18.1. The van der Waals surface area contributed by atoms with Gasteiger partial charge in [-0.2, -0.15) is 22.0 Å². The normalized spacial score (nSPS) is 13.5. The molecule has 0 aromatic carbocycles. The van der Waals surface area contributed by atoms with Crippen molar-refractivity contribution in [3.63, 3.8) is 0 Å². The third-order valence-electron chi connectivity index (χ3n) is 1.89. The number of hydrogen-bond acceptors (Lipinski definition) is 5. The zero-order valence-electron chi connectivity index (χ0n) is 9.92. The molecule has 11 heteroatoms. The average Bonchev–Trinajstić information content (AvgIpc) is 2.26. The fourth-order valence-corrected chi connectivity index (χ4v) is 0.980. The number of carbonyl (C=O) groups is 3. The van der Waals surface area contributed by atoms with Crippen molar-refractivity contribution < 1.29 is 46.2 Å². The molecule has 0 fully saturated rings. The second-order valence-corrected chi connectivity index (χ2v) is 3.43. The molecule has 0 bridgehead atoms. The van der Waals surface area contributed by atoms with E-state index in [1.807, 2.05) is 0 Å². The number of halogens is 5. The molecule has 0 spiro atoms. The summed E-state index contributed by atoms with van der Waals surface area (Å²) in [6.07, 6.45) is -7.49. The Morgan fingerprint density at radius 1 is 1.20 bits per heavy atom. The number of aliphatic carboxylic acids is 1. The van der Waals surface area contributed by atoms with Crippen molar-refractivity contribution in [1.82, 2.24) is 5.32 Å². The van der Waals surface area contributed by atoms with Crippen LogP contribution in [0.4, 0.5) is 22.0 Å². The highest BCUT2D eigenvalue weighted by atomic mass is 19.4. The first-order valence-electron chi connectivity index (χ1n) is 5.05. The van der Waals surface area contributed by atoms with E-state index in [0.717, 1.165) is 5.32 Å². The van der Waals surface area contributed by atoms with Crippen LogP contribution in [-0.4, -0.2) is 42.6 Å². The first-order chi connectivity index (χ1) is 8.93. The number of amides is 1. The minimum atomic E-state index is -6.18. The molecule has 0 aliphatic carbocycles. The predicted octanol–water partition coefficient (Wildman–Crippen LogP) is -0.628. The molecular formula is C9H9F5NO5-. The summed E-state index contributed by atoms with van der Waals surface area (Å²) in [5.74, 6) is -12.0. The van der Waals surface area contributed by atoms with Crippen LogP contribution in [0.25, 0.3) is 0 Å². The molecule has 0 heterocycles. The van der Waals surface area contributed by atoms with Crippen LogP contribution in [0.5, 0.6) is 0 Å². The maximum atomic E-state index is 12.6. The molecule has 1 N–H and O–H groups in total. The van der Waals surface area contributed by atoms with E-state index in [9.17, 15) is 41.4 Å². The maximum Gasteiger partial charge on any atom is 0.463 e. The van der Waals surface area contributed by atoms with Crippen molar-refractivity contribution in [2.75, 3.05) is 6.61 Å². The van der Waals surface area contributed by atoms with Gasteiger partial charge in [-0.05, 0) is 6.92 Å². The zero-order valence-corrected chi connectivity index (χ0v) is 9.92. The number of rotatable bonds is 6. The van der Waals surface area contributed by atoms with Crippen molar-refractivity contribution >= 4 is 17.8 Å². The van der Waals surface area contributed by atoms with E-state index < -0.39 is 42.4 Å². The molecule has 0 saturated heterocycles. The molecule has 0 saturated carbocycles. The Morgan fingerprint density at radius 3 is 2.05 bits per heavy atom. The van der Waals surface area contributed by atoms with Crippen LogP contribution in [-0.2, 0) is 19.1 Å². The summed E-state index contributed by atoms with van der Waals surface area (Å²) in [5, 5.41) is 11.2. The van der Waals surface area contributed by atoms with Crippen molar-refractivity contribution in [2.45, 2.75) is 31.5 Å². The van der Waals surface area contributed by atoms with Gasteiger partial charge in [0.15, 0.2) is 0 Å². The Morgan fingerprint density at radius 2 is 1.70 bits per heavy atom. The van der Waals surface area contributed by atoms with E-state index in [4.69, 9.17) is 0 Å². The summed E-state index contributed by atoms with van der Waals surface area (Å²) in [6, 6.07) is -2.21. The number of nitrogens with one attached hydrogen (secondary N) is 1. The minimum absolute atomic E-state index is 0.298. The summed E-state index contributed by atoms with van der Waals surface area (Å²) >= 11 is 0. The Labute approximate surface area is 108 Å². The van der Waals surface area contributed by atoms with Crippen LogP contribution in [0.3, 0.4) is 0 Å². The second kappa shape index (κ2) is 6.48. The van der Waals surface area contributed by atoms with Gasteiger partial charge in [0.05, 0.1) is 6.61 Å². The quantitative estimate of drug-likeness (QED) is 0.521. The van der Waals surface area contributed by atoms with Crippen LogP contribution < -0.4 is 10.4 Å². The Kier molecular flexibility index (Phi) is 5.85. The summed E-state index contributed by atoms with van der Waals surface area (Å²) < 4.78 is 65.1. The summed E-state index contributed by atoms with van der Waals surface area (Å²) in [6.45, 7) is 0.980. The highest BCUT2D eigenvalue weighted by Gasteiger charge is 2.63. The molecule has 0 unspecified atom stereocenters. The highest BCUT2D eigenvalue weighted by Crippen LogP contribution is 2.35. The van der Waals surface area contributed by atoms with Gasteiger partial charge >= 0.3 is 24.0 Å². The number of ether oxygens (including phenoxy) is 1. The van der Waals surface area contributed by atoms with Crippen LogP contribution in [0, 0.1) is 0 Å². The summed E-state index contributed by atoms with van der Waals surface area (Å²) in [4.78, 5) is 32.2. The third kappa shape index (κ3) is 4.63. The smallest absolute Gasteiger partial charge is 0.463 e. The van der Waals surface area contributed by atoms with E-state index in [2.05, 4.69) is 4.74 Å². The first-order valence-corrected chi connectivity index (χ1v) is 5.05. The number of hydrogen-bond donors (Lipinski definition) is 1. The van der Waals surface area contributed by atoms with Crippen LogP contribution in [0.2, 0.25) is 0 Å². The molecule has 0 aliphatic heterocycles. The zero-order chi connectivity index (χ0) is 16.1. The maximum absolute atomic E-state index is 12.6. The molecular weight excluding hydrogens is 297 g/mol. The van der Waals surface area contributed by atoms with Gasteiger partial charge in [-0.1, -0.05) is 0 Å². The van der Waals surface area contributed by atoms with Gasteiger partial charge in [-0.25, -0.2) is 4.79 Å². The number of alkyl halides is 5. The summed E-state index contributed by atoms with van der Waals surface area (Å²) in [5.41, 5.74) is 0. The molecule has 0 aromatic heterocycles. The van der Waals surface area contributed by atoms with Crippen molar-refractivity contribution in [1.29, 1.82) is 0 Å². The van der Waals surface area contributed by atoms with E-state index in [1.165, 1.54) is 6.92 Å². The lowest BCUT2D eigenvalue weighted by Crippen LogP contribution is -2.55. The predicted molar refractivity (Wildman–Crippen MR) is 49.2 cm³/mol. The van der Waals surface area contributed by atoms with Gasteiger partial charge in [-0.3, -0.25) is 4.79 Å². The number of carbonyl (C=O) groups excluding carboxylic acids is 3. The molecule has 0 aromatic rings. The molecule has 0 radical (unpaired) electrons. The Bertz CT molecular complexity index is 395. The minimum Gasteiger partial charge on any atom is -0.550 e. The molecule has 1 atom stereocenters. The molecule has 0 aliphatic rings. The van der Waals surface area contributed by atoms with E-state index in [0.29, 0.717) is 0 Å². The third-order valence-corrected chi connectivity index (χ3v) is 1.89. The number of carboxylic acids is 1. The van der Waals surface area contributed by atoms with Crippen molar-refractivity contribution in [3.8, 4) is 0 Å².